The van der Waals surface area contributed by atoms with Crippen molar-refractivity contribution in [1.82, 2.24) is 25.8 Å². The molecule has 3 amide bonds. The molecule has 0 bridgehead atoms. The van der Waals surface area contributed by atoms with Crippen molar-refractivity contribution in [3.05, 3.63) is 42.2 Å². The van der Waals surface area contributed by atoms with Gasteiger partial charge in [-0.1, -0.05) is 23.4 Å². The van der Waals surface area contributed by atoms with E-state index in [1.807, 2.05) is 18.2 Å². The van der Waals surface area contributed by atoms with Gasteiger partial charge in [0.25, 0.3) is 5.91 Å². The van der Waals surface area contributed by atoms with Gasteiger partial charge in [-0.05, 0) is 18.6 Å². The van der Waals surface area contributed by atoms with Gasteiger partial charge in [-0.2, -0.15) is 0 Å². The summed E-state index contributed by atoms with van der Waals surface area (Å²) >= 11 is 0. The number of para-hydroxylation sites is 1. The summed E-state index contributed by atoms with van der Waals surface area (Å²) in [6, 6.07) is 8.84. The Hall–Kier alpha value is -2.94. The molecule has 4 N–H and O–H groups in total. The van der Waals surface area contributed by atoms with E-state index in [4.69, 9.17) is 5.21 Å². The van der Waals surface area contributed by atoms with Gasteiger partial charge in [-0.3, -0.25) is 14.7 Å². The number of aryl methyl sites for hydroxylation is 1. The number of rotatable bonds is 6. The molecule has 9 nitrogen and oxygen atoms in total. The van der Waals surface area contributed by atoms with Gasteiger partial charge in [0.2, 0.25) is 0 Å². The van der Waals surface area contributed by atoms with Gasteiger partial charge in [0.15, 0.2) is 5.69 Å². The van der Waals surface area contributed by atoms with E-state index in [1.165, 1.54) is 16.4 Å². The van der Waals surface area contributed by atoms with E-state index in [-0.39, 0.29) is 11.7 Å². The third-order valence-electron chi connectivity index (χ3n) is 2.75. The Balaban J connectivity index is 1.67. The lowest BCUT2D eigenvalue weighted by atomic mass is 10.3. The molecule has 0 aliphatic heterocycles. The number of anilines is 1. The Morgan fingerprint density at radius 2 is 2.00 bits per heavy atom. The van der Waals surface area contributed by atoms with Gasteiger partial charge in [0.05, 0.1) is 6.20 Å². The van der Waals surface area contributed by atoms with Crippen LogP contribution in [-0.2, 0) is 6.54 Å². The number of amides is 3. The fourth-order valence-corrected chi connectivity index (χ4v) is 1.71. The van der Waals surface area contributed by atoms with Crippen LogP contribution >= 0.6 is 0 Å². The second kappa shape index (κ2) is 7.74. The van der Waals surface area contributed by atoms with Crippen LogP contribution in [0.15, 0.2) is 36.5 Å². The fourth-order valence-electron chi connectivity index (χ4n) is 1.71. The first-order valence-corrected chi connectivity index (χ1v) is 6.63. The van der Waals surface area contributed by atoms with Crippen LogP contribution in [-0.4, -0.2) is 38.7 Å². The van der Waals surface area contributed by atoms with Crippen LogP contribution < -0.4 is 16.1 Å². The van der Waals surface area contributed by atoms with Crippen molar-refractivity contribution in [3.63, 3.8) is 0 Å². The maximum Gasteiger partial charge on any atom is 0.319 e. The third kappa shape index (κ3) is 4.56. The molecule has 0 radical (unpaired) electrons. The molecule has 0 spiro atoms. The normalized spacial score (nSPS) is 10.0. The van der Waals surface area contributed by atoms with E-state index >= 15 is 0 Å². The number of urea groups is 1. The Bertz CT molecular complexity index is 628. The van der Waals surface area contributed by atoms with Gasteiger partial charge in [0.1, 0.15) is 0 Å². The van der Waals surface area contributed by atoms with Crippen LogP contribution in [0.1, 0.15) is 16.9 Å². The first kappa shape index (κ1) is 15.4. The van der Waals surface area contributed by atoms with Gasteiger partial charge in [-0.15, -0.1) is 5.10 Å². The van der Waals surface area contributed by atoms with Crippen molar-refractivity contribution in [2.75, 3.05) is 11.9 Å². The summed E-state index contributed by atoms with van der Waals surface area (Å²) in [6.07, 6.45) is 2.03. The molecule has 1 heterocycles. The molecule has 0 fully saturated rings. The highest BCUT2D eigenvalue weighted by Gasteiger charge is 2.09. The number of hydrogen-bond acceptors (Lipinski definition) is 5. The maximum absolute atomic E-state index is 11.6. The second-order valence-electron chi connectivity index (χ2n) is 4.41. The number of nitrogens with one attached hydrogen (secondary N) is 3. The molecular formula is C13H16N6O3. The van der Waals surface area contributed by atoms with E-state index < -0.39 is 5.91 Å². The first-order chi connectivity index (χ1) is 10.7. The lowest BCUT2D eigenvalue weighted by Gasteiger charge is -2.07. The Morgan fingerprint density at radius 1 is 1.23 bits per heavy atom. The van der Waals surface area contributed by atoms with Crippen molar-refractivity contribution in [1.29, 1.82) is 0 Å². The standard InChI is InChI=1S/C13H16N6O3/c20-12(17-22)11-9-19(18-16-11)8-4-7-14-13(21)15-10-5-2-1-3-6-10/h1-3,5-6,9,22H,4,7-8H2,(H,17,20)(H2,14,15,21). The Labute approximate surface area is 126 Å². The van der Waals surface area contributed by atoms with Crippen LogP contribution in [0.3, 0.4) is 0 Å². The molecule has 0 aliphatic rings. The maximum atomic E-state index is 11.6. The van der Waals surface area contributed by atoms with E-state index in [0.29, 0.717) is 19.5 Å². The summed E-state index contributed by atoms with van der Waals surface area (Å²) < 4.78 is 1.46. The highest BCUT2D eigenvalue weighted by Crippen LogP contribution is 2.04. The summed E-state index contributed by atoms with van der Waals surface area (Å²) in [6.45, 7) is 0.928. The molecular weight excluding hydrogens is 288 g/mol. The summed E-state index contributed by atoms with van der Waals surface area (Å²) in [7, 11) is 0. The average molecular weight is 304 g/mol. The minimum absolute atomic E-state index is 0.0253. The van der Waals surface area contributed by atoms with Gasteiger partial charge >= 0.3 is 6.03 Å². The number of benzene rings is 1. The highest BCUT2D eigenvalue weighted by molar-refractivity contribution is 5.90. The summed E-state index contributed by atoms with van der Waals surface area (Å²) in [5.74, 6) is -0.716. The van der Waals surface area contributed by atoms with Crippen molar-refractivity contribution in [2.24, 2.45) is 0 Å². The molecule has 2 aromatic rings. The van der Waals surface area contributed by atoms with Gasteiger partial charge in [0, 0.05) is 18.8 Å². The van der Waals surface area contributed by atoms with Crippen LogP contribution in [0.5, 0.6) is 0 Å². The highest BCUT2D eigenvalue weighted by atomic mass is 16.5. The van der Waals surface area contributed by atoms with Gasteiger partial charge < -0.3 is 10.6 Å². The van der Waals surface area contributed by atoms with Crippen LogP contribution in [0, 0.1) is 0 Å². The van der Waals surface area contributed by atoms with Crippen molar-refractivity contribution < 1.29 is 14.8 Å². The number of carbonyl (C=O) groups excluding carboxylic acids is 2. The topological polar surface area (TPSA) is 121 Å². The number of hydrogen-bond donors (Lipinski definition) is 4. The zero-order chi connectivity index (χ0) is 15.8. The Morgan fingerprint density at radius 3 is 2.73 bits per heavy atom. The minimum Gasteiger partial charge on any atom is -0.338 e. The van der Waals surface area contributed by atoms with Crippen LogP contribution in [0.4, 0.5) is 10.5 Å². The summed E-state index contributed by atoms with van der Waals surface area (Å²) in [4.78, 5) is 22.7. The Kier molecular flexibility index (Phi) is 5.44. The first-order valence-electron chi connectivity index (χ1n) is 6.63. The predicted molar refractivity (Wildman–Crippen MR) is 77.4 cm³/mol. The zero-order valence-corrected chi connectivity index (χ0v) is 11.7. The molecule has 0 unspecified atom stereocenters. The summed E-state index contributed by atoms with van der Waals surface area (Å²) in [5, 5.41) is 21.2. The largest absolute Gasteiger partial charge is 0.338 e. The monoisotopic (exact) mass is 304 g/mol. The predicted octanol–water partition coefficient (Wildman–Crippen LogP) is 0.609. The van der Waals surface area contributed by atoms with Crippen molar-refractivity contribution in [3.8, 4) is 0 Å². The molecule has 1 aromatic carbocycles. The lowest BCUT2D eigenvalue weighted by molar-refractivity contribution is 0.0700. The molecule has 2 rings (SSSR count). The zero-order valence-electron chi connectivity index (χ0n) is 11.7. The van der Waals surface area contributed by atoms with Crippen molar-refractivity contribution in [2.45, 2.75) is 13.0 Å². The summed E-state index contributed by atoms with van der Waals surface area (Å²) in [5.41, 5.74) is 2.22. The molecule has 0 saturated carbocycles. The molecule has 9 heteroatoms. The van der Waals surface area contributed by atoms with E-state index in [2.05, 4.69) is 20.9 Å². The van der Waals surface area contributed by atoms with E-state index in [1.54, 1.807) is 12.1 Å². The number of hydroxylamine groups is 1. The number of aromatic nitrogens is 3. The average Bonchev–Trinajstić information content (AvgIpc) is 3.00. The minimum atomic E-state index is -0.716. The van der Waals surface area contributed by atoms with E-state index in [0.717, 1.165) is 5.69 Å². The fraction of sp³-hybridized carbons (Fsp3) is 0.231. The molecule has 22 heavy (non-hydrogen) atoms. The molecule has 1 aromatic heterocycles. The van der Waals surface area contributed by atoms with Crippen LogP contribution in [0.2, 0.25) is 0 Å². The molecule has 0 saturated heterocycles. The number of nitrogens with zero attached hydrogens (tertiary/aromatic N) is 3. The third-order valence-corrected chi connectivity index (χ3v) is 2.75. The quantitative estimate of drug-likeness (QED) is 0.354. The van der Waals surface area contributed by atoms with Crippen LogP contribution in [0.25, 0.3) is 0 Å². The smallest absolute Gasteiger partial charge is 0.319 e. The molecule has 0 aliphatic carbocycles. The van der Waals surface area contributed by atoms with Gasteiger partial charge in [-0.25, -0.2) is 10.3 Å². The SMILES string of the molecule is O=C(NCCCn1cc(C(=O)NO)nn1)Nc1ccccc1. The molecule has 116 valence electrons. The number of carbonyl (C=O) groups is 2. The lowest BCUT2D eigenvalue weighted by Crippen LogP contribution is -2.30. The van der Waals surface area contributed by atoms with Crippen molar-refractivity contribution >= 4 is 17.6 Å². The second-order valence-corrected chi connectivity index (χ2v) is 4.41. The van der Waals surface area contributed by atoms with E-state index in [9.17, 15) is 9.59 Å². The molecule has 0 atom stereocenters.